The highest BCUT2D eigenvalue weighted by Crippen LogP contribution is 2.11. The van der Waals surface area contributed by atoms with Crippen LogP contribution in [-0.4, -0.2) is 49.9 Å². The van der Waals surface area contributed by atoms with Gasteiger partial charge >= 0.3 is 0 Å². The number of nitrogens with zero attached hydrogens (tertiary/aromatic N) is 2. The minimum Gasteiger partial charge on any atom is -0.382 e. The highest BCUT2D eigenvalue weighted by molar-refractivity contribution is 5.23. The molecule has 0 aliphatic heterocycles. The van der Waals surface area contributed by atoms with Gasteiger partial charge in [-0.2, -0.15) is 5.10 Å². The van der Waals surface area contributed by atoms with Gasteiger partial charge < -0.3 is 19.9 Å². The van der Waals surface area contributed by atoms with E-state index in [1.54, 1.807) is 7.11 Å². The van der Waals surface area contributed by atoms with Crippen LogP contribution in [0.1, 0.15) is 17.0 Å². The van der Waals surface area contributed by atoms with Crippen molar-refractivity contribution in [2.75, 3.05) is 40.1 Å². The lowest BCUT2D eigenvalue weighted by molar-refractivity contribution is 0.0224. The summed E-state index contributed by atoms with van der Waals surface area (Å²) in [5.41, 5.74) is 8.94. The van der Waals surface area contributed by atoms with Crippen molar-refractivity contribution in [3.8, 4) is 0 Å². The zero-order valence-corrected chi connectivity index (χ0v) is 12.1. The summed E-state index contributed by atoms with van der Waals surface area (Å²) in [6, 6.07) is 0. The third-order valence-electron chi connectivity index (χ3n) is 2.99. The van der Waals surface area contributed by atoms with E-state index in [4.69, 9.17) is 19.9 Å². The Morgan fingerprint density at radius 1 is 1.05 bits per heavy atom. The average Bonchev–Trinajstić information content (AvgIpc) is 2.67. The summed E-state index contributed by atoms with van der Waals surface area (Å²) in [6.07, 6.45) is 0. The van der Waals surface area contributed by atoms with Gasteiger partial charge in [0.2, 0.25) is 0 Å². The average molecular weight is 271 g/mol. The Morgan fingerprint density at radius 3 is 2.26 bits per heavy atom. The Bertz CT molecular complexity index is 366. The van der Waals surface area contributed by atoms with Gasteiger partial charge in [-0.1, -0.05) is 0 Å². The number of aromatic nitrogens is 2. The molecule has 0 atom stereocenters. The Kier molecular flexibility index (Phi) is 7.66. The van der Waals surface area contributed by atoms with Crippen molar-refractivity contribution in [3.63, 3.8) is 0 Å². The van der Waals surface area contributed by atoms with E-state index < -0.39 is 0 Å². The van der Waals surface area contributed by atoms with Crippen molar-refractivity contribution >= 4 is 0 Å². The standard InChI is InChI=1S/C13H25N3O3/c1-11-13(10-14)12(2)16(15-11)4-5-18-8-9-19-7-6-17-3/h4-10,14H2,1-3H3. The highest BCUT2D eigenvalue weighted by Gasteiger charge is 2.09. The Labute approximate surface area is 114 Å². The van der Waals surface area contributed by atoms with Gasteiger partial charge in [0.1, 0.15) is 0 Å². The number of aryl methyl sites for hydroxylation is 1. The van der Waals surface area contributed by atoms with Crippen molar-refractivity contribution in [3.05, 3.63) is 17.0 Å². The summed E-state index contributed by atoms with van der Waals surface area (Å²) in [5.74, 6) is 0. The highest BCUT2D eigenvalue weighted by atomic mass is 16.5. The number of methoxy groups -OCH3 is 1. The molecule has 0 saturated carbocycles. The van der Waals surface area contributed by atoms with Gasteiger partial charge in [0.05, 0.1) is 45.3 Å². The lowest BCUT2D eigenvalue weighted by Crippen LogP contribution is -2.13. The molecule has 19 heavy (non-hydrogen) atoms. The first-order chi connectivity index (χ1) is 9.20. The molecule has 0 aromatic carbocycles. The van der Waals surface area contributed by atoms with Crippen molar-refractivity contribution in [2.45, 2.75) is 26.9 Å². The van der Waals surface area contributed by atoms with Crippen LogP contribution in [0.25, 0.3) is 0 Å². The van der Waals surface area contributed by atoms with Crippen LogP contribution in [-0.2, 0) is 27.3 Å². The quantitative estimate of drug-likeness (QED) is 0.632. The Morgan fingerprint density at radius 2 is 1.68 bits per heavy atom. The van der Waals surface area contributed by atoms with Crippen LogP contribution in [0, 0.1) is 13.8 Å². The molecule has 110 valence electrons. The Hall–Kier alpha value is -0.950. The van der Waals surface area contributed by atoms with E-state index in [9.17, 15) is 0 Å². The summed E-state index contributed by atoms with van der Waals surface area (Å²) < 4.78 is 17.6. The van der Waals surface area contributed by atoms with E-state index in [-0.39, 0.29) is 0 Å². The maximum Gasteiger partial charge on any atom is 0.0701 e. The molecule has 0 aliphatic rings. The molecule has 0 unspecified atom stereocenters. The summed E-state index contributed by atoms with van der Waals surface area (Å²) in [4.78, 5) is 0. The number of nitrogens with two attached hydrogens (primary N) is 1. The van der Waals surface area contributed by atoms with E-state index in [0.29, 0.717) is 39.6 Å². The van der Waals surface area contributed by atoms with E-state index in [2.05, 4.69) is 5.10 Å². The van der Waals surface area contributed by atoms with Crippen LogP contribution in [0.15, 0.2) is 0 Å². The second-order valence-electron chi connectivity index (χ2n) is 4.29. The van der Waals surface area contributed by atoms with E-state index in [0.717, 1.165) is 23.5 Å². The number of hydrogen-bond acceptors (Lipinski definition) is 5. The monoisotopic (exact) mass is 271 g/mol. The first-order valence-corrected chi connectivity index (χ1v) is 6.58. The van der Waals surface area contributed by atoms with Gasteiger partial charge in [0, 0.05) is 24.9 Å². The molecule has 1 rings (SSSR count). The molecule has 0 saturated heterocycles. The minimum atomic E-state index is 0.534. The van der Waals surface area contributed by atoms with Crippen LogP contribution in [0.4, 0.5) is 0 Å². The number of ether oxygens (including phenoxy) is 3. The van der Waals surface area contributed by atoms with E-state index >= 15 is 0 Å². The van der Waals surface area contributed by atoms with Crippen LogP contribution in [0.2, 0.25) is 0 Å². The fraction of sp³-hybridized carbons (Fsp3) is 0.769. The zero-order chi connectivity index (χ0) is 14.1. The fourth-order valence-electron chi connectivity index (χ4n) is 1.86. The molecular formula is C13H25N3O3. The largest absolute Gasteiger partial charge is 0.382 e. The van der Waals surface area contributed by atoms with Crippen molar-refractivity contribution in [2.24, 2.45) is 5.73 Å². The number of hydrogen-bond donors (Lipinski definition) is 1. The molecule has 1 aromatic heterocycles. The summed E-state index contributed by atoms with van der Waals surface area (Å²) in [5, 5.41) is 4.45. The molecule has 2 N–H and O–H groups in total. The predicted molar refractivity (Wildman–Crippen MR) is 73.1 cm³/mol. The van der Waals surface area contributed by atoms with E-state index in [1.807, 2.05) is 18.5 Å². The topological polar surface area (TPSA) is 71.5 Å². The van der Waals surface area contributed by atoms with Crippen molar-refractivity contribution in [1.82, 2.24) is 9.78 Å². The molecule has 6 heteroatoms. The molecule has 0 amide bonds. The zero-order valence-electron chi connectivity index (χ0n) is 12.1. The van der Waals surface area contributed by atoms with Gasteiger partial charge in [-0.25, -0.2) is 0 Å². The Balaban J connectivity index is 2.16. The first kappa shape index (κ1) is 16.1. The molecule has 1 heterocycles. The second-order valence-corrected chi connectivity index (χ2v) is 4.29. The molecular weight excluding hydrogens is 246 g/mol. The summed E-state index contributed by atoms with van der Waals surface area (Å²) >= 11 is 0. The lowest BCUT2D eigenvalue weighted by Gasteiger charge is -2.07. The molecule has 6 nitrogen and oxygen atoms in total. The van der Waals surface area contributed by atoms with Gasteiger partial charge in [0.15, 0.2) is 0 Å². The maximum absolute atomic E-state index is 5.69. The van der Waals surface area contributed by atoms with Crippen LogP contribution >= 0.6 is 0 Å². The van der Waals surface area contributed by atoms with Gasteiger partial charge in [-0.05, 0) is 13.8 Å². The van der Waals surface area contributed by atoms with Gasteiger partial charge in [-0.3, -0.25) is 4.68 Å². The summed E-state index contributed by atoms with van der Waals surface area (Å²) in [6.45, 7) is 8.33. The van der Waals surface area contributed by atoms with Crippen LogP contribution in [0.3, 0.4) is 0 Å². The second kappa shape index (κ2) is 9.03. The molecule has 0 bridgehead atoms. The summed E-state index contributed by atoms with van der Waals surface area (Å²) in [7, 11) is 1.66. The molecule has 0 radical (unpaired) electrons. The normalized spacial score (nSPS) is 11.2. The third-order valence-corrected chi connectivity index (χ3v) is 2.99. The third kappa shape index (κ3) is 5.28. The molecule has 1 aromatic rings. The smallest absolute Gasteiger partial charge is 0.0701 e. The SMILES string of the molecule is COCCOCCOCCn1nc(C)c(CN)c1C. The minimum absolute atomic E-state index is 0.534. The van der Waals surface area contributed by atoms with Crippen molar-refractivity contribution in [1.29, 1.82) is 0 Å². The maximum atomic E-state index is 5.69. The molecule has 0 aliphatic carbocycles. The predicted octanol–water partition coefficient (Wildman–Crippen LogP) is 0.638. The number of rotatable bonds is 10. The van der Waals surface area contributed by atoms with Gasteiger partial charge in [-0.15, -0.1) is 0 Å². The molecule has 0 fully saturated rings. The van der Waals surface area contributed by atoms with Crippen molar-refractivity contribution < 1.29 is 14.2 Å². The van der Waals surface area contributed by atoms with Crippen LogP contribution in [0.5, 0.6) is 0 Å². The van der Waals surface area contributed by atoms with E-state index in [1.165, 1.54) is 0 Å². The molecule has 0 spiro atoms. The van der Waals surface area contributed by atoms with Crippen LogP contribution < -0.4 is 5.73 Å². The lowest BCUT2D eigenvalue weighted by atomic mass is 10.2. The first-order valence-electron chi connectivity index (χ1n) is 6.58. The fourth-order valence-corrected chi connectivity index (χ4v) is 1.86. The van der Waals surface area contributed by atoms with Gasteiger partial charge in [0.25, 0.3) is 0 Å².